The summed E-state index contributed by atoms with van der Waals surface area (Å²) < 4.78 is 6.62. The zero-order valence-corrected chi connectivity index (χ0v) is 20.0. The van der Waals surface area contributed by atoms with Gasteiger partial charge in [-0.1, -0.05) is 60.7 Å². The lowest BCUT2D eigenvalue weighted by Crippen LogP contribution is -2.66. The second-order valence-corrected chi connectivity index (χ2v) is 9.95. The third-order valence-electron chi connectivity index (χ3n) is 7.61. The number of aromatic hydroxyl groups is 1. The molecule has 3 aromatic carbocycles. The van der Waals surface area contributed by atoms with E-state index in [4.69, 9.17) is 4.74 Å². The van der Waals surface area contributed by atoms with Crippen LogP contribution in [0, 0.1) is 5.92 Å². The summed E-state index contributed by atoms with van der Waals surface area (Å²) in [6.07, 6.45) is 1.35. The molecule has 3 fully saturated rings. The van der Waals surface area contributed by atoms with Gasteiger partial charge in [0.25, 0.3) is 5.91 Å². The Morgan fingerprint density at radius 3 is 2.00 bits per heavy atom. The topological polar surface area (TPSA) is 95.9 Å². The van der Waals surface area contributed by atoms with Crippen LogP contribution in [0.2, 0.25) is 0 Å². The van der Waals surface area contributed by atoms with Gasteiger partial charge in [0.05, 0.1) is 13.1 Å². The molecular weight excluding hydrogens is 456 g/mol. The molecule has 3 aliphatic heterocycles. The summed E-state index contributed by atoms with van der Waals surface area (Å²) in [6, 6.07) is 24.1. The van der Waals surface area contributed by atoms with Crippen LogP contribution >= 0.6 is 0 Å². The SMILES string of the molecule is O=C(C[N+]12CCC(CC1)C(OC(=O)C(O)(c1ccccc1)c1ccccc1)C2)Nc1ccc(O)cc1. The number of rotatable bonds is 7. The molecule has 36 heavy (non-hydrogen) atoms. The van der Waals surface area contributed by atoms with Crippen molar-refractivity contribution in [3.63, 3.8) is 0 Å². The predicted molar refractivity (Wildman–Crippen MR) is 135 cm³/mol. The van der Waals surface area contributed by atoms with Crippen LogP contribution in [0.4, 0.5) is 5.69 Å². The fourth-order valence-corrected chi connectivity index (χ4v) is 5.61. The number of quaternary nitrogens is 1. The molecule has 0 aromatic heterocycles. The van der Waals surface area contributed by atoms with E-state index in [9.17, 15) is 19.8 Å². The molecule has 0 saturated carbocycles. The van der Waals surface area contributed by atoms with Crippen LogP contribution in [-0.4, -0.2) is 58.9 Å². The van der Waals surface area contributed by atoms with E-state index in [2.05, 4.69) is 5.32 Å². The van der Waals surface area contributed by atoms with Crippen LogP contribution < -0.4 is 5.32 Å². The van der Waals surface area contributed by atoms with Crippen molar-refractivity contribution in [3.05, 3.63) is 96.1 Å². The molecule has 1 atom stereocenters. The van der Waals surface area contributed by atoms with Gasteiger partial charge >= 0.3 is 5.97 Å². The molecule has 3 aliphatic rings. The molecule has 3 N–H and O–H groups in total. The van der Waals surface area contributed by atoms with E-state index in [0.717, 1.165) is 25.9 Å². The summed E-state index contributed by atoms with van der Waals surface area (Å²) in [4.78, 5) is 26.5. The molecule has 7 nitrogen and oxygen atoms in total. The number of hydrogen-bond donors (Lipinski definition) is 3. The number of anilines is 1. The third kappa shape index (κ3) is 4.72. The molecule has 3 saturated heterocycles. The summed E-state index contributed by atoms with van der Waals surface area (Å²) in [5.41, 5.74) is -0.378. The maximum Gasteiger partial charge on any atom is 0.348 e. The van der Waals surface area contributed by atoms with Gasteiger partial charge in [0.2, 0.25) is 5.60 Å². The van der Waals surface area contributed by atoms with Gasteiger partial charge in [0, 0.05) is 24.4 Å². The number of benzene rings is 3. The Morgan fingerprint density at radius 1 is 0.889 bits per heavy atom. The summed E-state index contributed by atoms with van der Waals surface area (Å²) in [6.45, 7) is 2.52. The van der Waals surface area contributed by atoms with Crippen molar-refractivity contribution in [2.75, 3.05) is 31.5 Å². The lowest BCUT2D eigenvalue weighted by atomic mass is 9.82. The Kier molecular flexibility index (Phi) is 6.51. The second kappa shape index (κ2) is 9.76. The number of phenolic OH excluding ortho intramolecular Hbond substituents is 1. The fraction of sp³-hybridized carbons (Fsp3) is 0.310. The number of piperidine rings is 3. The Balaban J connectivity index is 1.32. The first-order chi connectivity index (χ1) is 17.4. The number of amides is 1. The lowest BCUT2D eigenvalue weighted by Gasteiger charge is -2.51. The zero-order valence-electron chi connectivity index (χ0n) is 20.0. The highest BCUT2D eigenvalue weighted by Crippen LogP contribution is 2.38. The highest BCUT2D eigenvalue weighted by molar-refractivity contribution is 5.91. The molecule has 0 radical (unpaired) electrons. The molecule has 6 rings (SSSR count). The number of ether oxygens (including phenoxy) is 1. The maximum absolute atomic E-state index is 13.6. The summed E-state index contributed by atoms with van der Waals surface area (Å²) in [7, 11) is 0. The lowest BCUT2D eigenvalue weighted by molar-refractivity contribution is -0.939. The number of aliphatic hydroxyl groups is 1. The molecule has 2 bridgehead atoms. The first kappa shape index (κ1) is 24.0. The van der Waals surface area contributed by atoms with Gasteiger partial charge in [0.1, 0.15) is 12.3 Å². The van der Waals surface area contributed by atoms with Crippen LogP contribution in [0.3, 0.4) is 0 Å². The third-order valence-corrected chi connectivity index (χ3v) is 7.61. The number of fused-ring (bicyclic) bond motifs is 3. The molecule has 0 spiro atoms. The normalized spacial score (nSPS) is 23.1. The summed E-state index contributed by atoms with van der Waals surface area (Å²) in [5.74, 6) is -0.449. The van der Waals surface area contributed by atoms with E-state index in [-0.39, 0.29) is 30.2 Å². The number of esters is 1. The van der Waals surface area contributed by atoms with E-state index in [1.165, 1.54) is 12.1 Å². The minimum atomic E-state index is -1.92. The molecule has 3 aromatic rings. The van der Waals surface area contributed by atoms with Gasteiger partial charge in [-0.15, -0.1) is 0 Å². The first-order valence-electron chi connectivity index (χ1n) is 12.4. The van der Waals surface area contributed by atoms with Gasteiger partial charge in [-0.05, 0) is 35.4 Å². The van der Waals surface area contributed by atoms with E-state index in [0.29, 0.717) is 27.8 Å². The summed E-state index contributed by atoms with van der Waals surface area (Å²) in [5, 5.41) is 24.1. The largest absolute Gasteiger partial charge is 0.508 e. The Hall–Kier alpha value is -3.68. The predicted octanol–water partition coefficient (Wildman–Crippen LogP) is 3.42. The molecule has 3 heterocycles. The van der Waals surface area contributed by atoms with Gasteiger partial charge in [0.15, 0.2) is 12.6 Å². The number of nitrogens with zero attached hydrogens (tertiary/aromatic N) is 1. The molecule has 7 heteroatoms. The number of phenols is 1. The number of hydrogen-bond acceptors (Lipinski definition) is 5. The quantitative estimate of drug-likeness (QED) is 0.270. The van der Waals surface area contributed by atoms with Crippen molar-refractivity contribution in [2.45, 2.75) is 24.5 Å². The minimum Gasteiger partial charge on any atom is -0.508 e. The van der Waals surface area contributed by atoms with Gasteiger partial charge in [-0.2, -0.15) is 0 Å². The van der Waals surface area contributed by atoms with Crippen molar-refractivity contribution in [2.24, 2.45) is 5.92 Å². The fourth-order valence-electron chi connectivity index (χ4n) is 5.61. The molecular formula is C29H31N2O5+. The van der Waals surface area contributed by atoms with Crippen molar-refractivity contribution in [1.82, 2.24) is 0 Å². The van der Waals surface area contributed by atoms with Crippen LogP contribution in [0.5, 0.6) is 5.75 Å². The number of carbonyl (C=O) groups is 2. The van der Waals surface area contributed by atoms with Gasteiger partial charge < -0.3 is 24.7 Å². The van der Waals surface area contributed by atoms with Crippen molar-refractivity contribution in [1.29, 1.82) is 0 Å². The van der Waals surface area contributed by atoms with E-state index < -0.39 is 11.6 Å². The van der Waals surface area contributed by atoms with Gasteiger partial charge in [-0.25, -0.2) is 4.79 Å². The molecule has 1 unspecified atom stereocenters. The van der Waals surface area contributed by atoms with Crippen LogP contribution in [0.25, 0.3) is 0 Å². The van der Waals surface area contributed by atoms with Crippen molar-refractivity contribution < 1.29 is 29.0 Å². The highest BCUT2D eigenvalue weighted by atomic mass is 16.6. The van der Waals surface area contributed by atoms with Crippen LogP contribution in [0.1, 0.15) is 24.0 Å². The van der Waals surface area contributed by atoms with Crippen LogP contribution in [0.15, 0.2) is 84.9 Å². The van der Waals surface area contributed by atoms with Gasteiger partial charge in [-0.3, -0.25) is 4.79 Å². The monoisotopic (exact) mass is 487 g/mol. The van der Waals surface area contributed by atoms with Crippen molar-refractivity contribution in [3.8, 4) is 5.75 Å². The molecule has 1 amide bonds. The Morgan fingerprint density at radius 2 is 1.44 bits per heavy atom. The molecule has 0 aliphatic carbocycles. The summed E-state index contributed by atoms with van der Waals surface area (Å²) >= 11 is 0. The van der Waals surface area contributed by atoms with E-state index in [1.54, 1.807) is 60.7 Å². The first-order valence-corrected chi connectivity index (χ1v) is 12.4. The standard InChI is InChI=1S/C29H30N2O5/c32-25-13-11-24(12-14-25)30-27(33)20-31-17-15-21(16-18-31)26(19-31)36-28(34)29(35,22-7-3-1-4-8-22)23-9-5-2-6-10-23/h1-14,21,26,35H,15-20H2,(H-,30,32,33)/p+1. The van der Waals surface area contributed by atoms with Crippen LogP contribution in [-0.2, 0) is 19.9 Å². The highest BCUT2D eigenvalue weighted by Gasteiger charge is 2.51. The average Bonchev–Trinajstić information content (AvgIpc) is 2.91. The van der Waals surface area contributed by atoms with E-state index >= 15 is 0 Å². The Labute approximate surface area is 210 Å². The smallest absolute Gasteiger partial charge is 0.348 e. The average molecular weight is 488 g/mol. The minimum absolute atomic E-state index is 0.115. The van der Waals surface area contributed by atoms with Crippen molar-refractivity contribution >= 4 is 17.6 Å². The molecule has 186 valence electrons. The Bertz CT molecular complexity index is 1170. The van der Waals surface area contributed by atoms with E-state index in [1.807, 2.05) is 12.1 Å². The number of nitrogens with one attached hydrogen (secondary N) is 1. The maximum atomic E-state index is 13.6. The zero-order chi connectivity index (χ0) is 25.2. The second-order valence-electron chi connectivity index (χ2n) is 9.95. The number of carbonyl (C=O) groups excluding carboxylic acids is 2.